The number of likely N-dealkylation sites (tertiary alicyclic amines) is 1. The van der Waals surface area contributed by atoms with E-state index in [2.05, 4.69) is 5.92 Å². The van der Waals surface area contributed by atoms with Crippen molar-refractivity contribution in [3.63, 3.8) is 0 Å². The predicted octanol–water partition coefficient (Wildman–Crippen LogP) is 1.93. The molecule has 2 heterocycles. The number of benzene rings is 1. The number of rotatable bonds is 5. The van der Waals surface area contributed by atoms with E-state index in [9.17, 15) is 9.59 Å². The molecule has 0 radical (unpaired) electrons. The van der Waals surface area contributed by atoms with E-state index in [0.717, 1.165) is 25.1 Å². The van der Waals surface area contributed by atoms with E-state index in [1.165, 1.54) is 0 Å². The van der Waals surface area contributed by atoms with E-state index < -0.39 is 0 Å². The second-order valence-corrected chi connectivity index (χ2v) is 6.75. The second kappa shape index (κ2) is 8.17. The van der Waals surface area contributed by atoms with Crippen LogP contribution in [0.5, 0.6) is 0 Å². The molecule has 1 aromatic rings. The molecule has 1 aromatic carbocycles. The van der Waals surface area contributed by atoms with E-state index in [1.54, 1.807) is 4.90 Å². The first kappa shape index (κ1) is 17.5. The molecule has 132 valence electrons. The molecule has 2 unspecified atom stereocenters. The molecule has 0 aromatic heterocycles. The van der Waals surface area contributed by atoms with Gasteiger partial charge in [0.1, 0.15) is 6.61 Å². The number of amides is 2. The Balaban J connectivity index is 1.58. The monoisotopic (exact) mass is 340 g/mol. The van der Waals surface area contributed by atoms with Gasteiger partial charge in [0.05, 0.1) is 12.5 Å². The lowest BCUT2D eigenvalue weighted by Gasteiger charge is -2.34. The number of piperidine rings is 1. The minimum Gasteiger partial charge on any atom is -0.368 e. The summed E-state index contributed by atoms with van der Waals surface area (Å²) < 4.78 is 5.43. The van der Waals surface area contributed by atoms with E-state index in [4.69, 9.17) is 11.2 Å². The zero-order valence-corrected chi connectivity index (χ0v) is 14.4. The molecule has 2 fully saturated rings. The molecule has 0 spiro atoms. The third kappa shape index (κ3) is 4.21. The highest BCUT2D eigenvalue weighted by atomic mass is 16.5. The lowest BCUT2D eigenvalue weighted by molar-refractivity contribution is -0.138. The fourth-order valence-electron chi connectivity index (χ4n) is 3.67. The minimum absolute atomic E-state index is 0.0236. The van der Waals surface area contributed by atoms with Gasteiger partial charge in [-0.3, -0.25) is 9.59 Å². The molecular formula is C20H24N2O3. The van der Waals surface area contributed by atoms with Crippen LogP contribution in [0.3, 0.4) is 0 Å². The van der Waals surface area contributed by atoms with Gasteiger partial charge in [0.15, 0.2) is 0 Å². The van der Waals surface area contributed by atoms with Crippen molar-refractivity contribution in [3.05, 3.63) is 30.3 Å². The van der Waals surface area contributed by atoms with Crippen LogP contribution < -0.4 is 4.90 Å². The van der Waals surface area contributed by atoms with Crippen molar-refractivity contribution in [2.24, 2.45) is 11.8 Å². The molecule has 0 bridgehead atoms. The van der Waals surface area contributed by atoms with Crippen molar-refractivity contribution in [3.8, 4) is 12.3 Å². The molecule has 3 rings (SSSR count). The van der Waals surface area contributed by atoms with Gasteiger partial charge in [0.25, 0.3) is 0 Å². The Labute approximate surface area is 148 Å². The fraction of sp³-hybridized carbons (Fsp3) is 0.500. The Morgan fingerprint density at radius 1 is 1.28 bits per heavy atom. The summed E-state index contributed by atoms with van der Waals surface area (Å²) in [5.41, 5.74) is 0.863. The van der Waals surface area contributed by atoms with Crippen LogP contribution in [0.2, 0.25) is 0 Å². The van der Waals surface area contributed by atoms with Gasteiger partial charge in [-0.2, -0.15) is 0 Å². The first-order valence-electron chi connectivity index (χ1n) is 8.84. The molecule has 2 aliphatic heterocycles. The summed E-state index contributed by atoms with van der Waals surface area (Å²) in [6.07, 6.45) is 7.52. The molecule has 2 aliphatic rings. The molecule has 5 heteroatoms. The lowest BCUT2D eigenvalue weighted by Crippen LogP contribution is -2.44. The standard InChI is InChI=1S/C20H24N2O3/c1-2-11-25-15-16-7-6-10-21(13-16)20(24)17-12-19(23)22(14-17)18-8-4-3-5-9-18/h1,3-5,8-9,16-17H,6-7,10-15H2. The number of terminal acetylenes is 1. The topological polar surface area (TPSA) is 49.9 Å². The number of hydrogen-bond donors (Lipinski definition) is 0. The number of nitrogens with zero attached hydrogens (tertiary/aromatic N) is 2. The van der Waals surface area contributed by atoms with Gasteiger partial charge in [-0.1, -0.05) is 24.1 Å². The number of para-hydroxylation sites is 1. The summed E-state index contributed by atoms with van der Waals surface area (Å²) in [6.45, 7) is 2.83. The molecule has 2 amide bonds. The van der Waals surface area contributed by atoms with Crippen molar-refractivity contribution >= 4 is 17.5 Å². The maximum Gasteiger partial charge on any atom is 0.228 e. The Morgan fingerprint density at radius 2 is 2.08 bits per heavy atom. The van der Waals surface area contributed by atoms with Crippen LogP contribution in [-0.2, 0) is 14.3 Å². The van der Waals surface area contributed by atoms with Crippen molar-refractivity contribution < 1.29 is 14.3 Å². The van der Waals surface area contributed by atoms with Crippen molar-refractivity contribution in [1.29, 1.82) is 0 Å². The number of hydrogen-bond acceptors (Lipinski definition) is 3. The number of carbonyl (C=O) groups excluding carboxylic acids is 2. The maximum absolute atomic E-state index is 12.9. The maximum atomic E-state index is 12.9. The molecule has 25 heavy (non-hydrogen) atoms. The number of ether oxygens (including phenoxy) is 1. The Morgan fingerprint density at radius 3 is 2.84 bits per heavy atom. The molecular weight excluding hydrogens is 316 g/mol. The molecule has 0 N–H and O–H groups in total. The average molecular weight is 340 g/mol. The number of anilines is 1. The van der Waals surface area contributed by atoms with Crippen molar-refractivity contribution in [1.82, 2.24) is 4.90 Å². The van der Waals surface area contributed by atoms with Crippen LogP contribution in [0.15, 0.2) is 30.3 Å². The highest BCUT2D eigenvalue weighted by Crippen LogP contribution is 2.27. The van der Waals surface area contributed by atoms with Gasteiger partial charge < -0.3 is 14.5 Å². The molecule has 2 saturated heterocycles. The van der Waals surface area contributed by atoms with Crippen molar-refractivity contribution in [2.45, 2.75) is 19.3 Å². The predicted molar refractivity (Wildman–Crippen MR) is 95.9 cm³/mol. The summed E-state index contributed by atoms with van der Waals surface area (Å²) >= 11 is 0. The van der Waals surface area contributed by atoms with E-state index in [1.807, 2.05) is 35.2 Å². The van der Waals surface area contributed by atoms with Gasteiger partial charge in [-0.25, -0.2) is 0 Å². The zero-order chi connectivity index (χ0) is 17.6. The first-order chi connectivity index (χ1) is 12.2. The smallest absolute Gasteiger partial charge is 0.228 e. The summed E-state index contributed by atoms with van der Waals surface area (Å²) in [6, 6.07) is 9.55. The van der Waals surface area contributed by atoms with Gasteiger partial charge >= 0.3 is 0 Å². The van der Waals surface area contributed by atoms with E-state index in [-0.39, 0.29) is 17.7 Å². The van der Waals surface area contributed by atoms with Crippen molar-refractivity contribution in [2.75, 3.05) is 37.7 Å². The number of carbonyl (C=O) groups is 2. The minimum atomic E-state index is -0.252. The highest BCUT2D eigenvalue weighted by molar-refractivity contribution is 6.00. The van der Waals surface area contributed by atoms with Crippen LogP contribution in [0, 0.1) is 24.2 Å². The van der Waals surface area contributed by atoms with Crippen LogP contribution in [0.4, 0.5) is 5.69 Å². The summed E-state index contributed by atoms with van der Waals surface area (Å²) in [7, 11) is 0. The van der Waals surface area contributed by atoms with E-state index in [0.29, 0.717) is 38.6 Å². The Bertz CT molecular complexity index is 653. The third-order valence-electron chi connectivity index (χ3n) is 4.91. The van der Waals surface area contributed by atoms with Gasteiger partial charge in [0.2, 0.25) is 11.8 Å². The summed E-state index contributed by atoms with van der Waals surface area (Å²) in [4.78, 5) is 28.8. The van der Waals surface area contributed by atoms with Crippen LogP contribution in [0.1, 0.15) is 19.3 Å². The molecule has 2 atom stereocenters. The fourth-order valence-corrected chi connectivity index (χ4v) is 3.67. The molecule has 0 aliphatic carbocycles. The summed E-state index contributed by atoms with van der Waals surface area (Å²) in [5.74, 6) is 2.66. The largest absolute Gasteiger partial charge is 0.368 e. The Kier molecular flexibility index (Phi) is 5.72. The molecule has 5 nitrogen and oxygen atoms in total. The van der Waals surface area contributed by atoms with Gasteiger partial charge in [0, 0.05) is 31.7 Å². The normalized spacial score (nSPS) is 23.6. The van der Waals surface area contributed by atoms with Crippen LogP contribution in [-0.4, -0.2) is 49.6 Å². The quantitative estimate of drug-likeness (QED) is 0.608. The third-order valence-corrected chi connectivity index (χ3v) is 4.91. The van der Waals surface area contributed by atoms with Gasteiger partial charge in [-0.15, -0.1) is 6.42 Å². The lowest BCUT2D eigenvalue weighted by atomic mass is 9.97. The summed E-state index contributed by atoms with van der Waals surface area (Å²) in [5, 5.41) is 0. The van der Waals surface area contributed by atoms with Crippen LogP contribution >= 0.6 is 0 Å². The van der Waals surface area contributed by atoms with E-state index >= 15 is 0 Å². The second-order valence-electron chi connectivity index (χ2n) is 6.75. The Hall–Kier alpha value is -2.32. The average Bonchev–Trinajstić information content (AvgIpc) is 3.04. The van der Waals surface area contributed by atoms with Gasteiger partial charge in [-0.05, 0) is 30.9 Å². The zero-order valence-electron chi connectivity index (χ0n) is 14.4. The highest BCUT2D eigenvalue weighted by Gasteiger charge is 2.38. The van der Waals surface area contributed by atoms with Crippen LogP contribution in [0.25, 0.3) is 0 Å². The molecule has 0 saturated carbocycles. The first-order valence-corrected chi connectivity index (χ1v) is 8.84. The SMILES string of the molecule is C#CCOCC1CCCN(C(=O)C2CC(=O)N(c3ccccc3)C2)C1.